The summed E-state index contributed by atoms with van der Waals surface area (Å²) >= 11 is 0. The Morgan fingerprint density at radius 3 is 2.71 bits per heavy atom. The molecule has 2 aliphatic rings. The number of sulfone groups is 1. The van der Waals surface area contributed by atoms with Gasteiger partial charge in [-0.2, -0.15) is 0 Å². The van der Waals surface area contributed by atoms with E-state index in [1.807, 2.05) is 12.1 Å². The Morgan fingerprint density at radius 2 is 2.11 bits per heavy atom. The standard InChI is InChI=1S/C19H30N4O3S.HI/c1-20-19(22-16-8-11-27(24,25)14-16)21-13-18(23-9-3-4-10-23)15-6-5-7-17(12-15)26-2;/h5-7,12,16,18H,3-4,8-11,13-14H2,1-2H3,(H2,20,21,22);1H. The summed E-state index contributed by atoms with van der Waals surface area (Å²) in [6.45, 7) is 2.86. The fraction of sp³-hybridized carbons (Fsp3) is 0.632. The number of nitrogens with zero attached hydrogens (tertiary/aromatic N) is 2. The number of halogens is 1. The third-order valence-electron chi connectivity index (χ3n) is 5.32. The molecule has 0 bridgehead atoms. The van der Waals surface area contributed by atoms with Crippen LogP contribution < -0.4 is 15.4 Å². The zero-order valence-corrected chi connectivity index (χ0v) is 19.7. The molecule has 3 rings (SSSR count). The first-order valence-electron chi connectivity index (χ1n) is 9.56. The molecule has 0 amide bonds. The first kappa shape index (κ1) is 23.2. The number of ether oxygens (including phenoxy) is 1. The van der Waals surface area contributed by atoms with Gasteiger partial charge in [0.05, 0.1) is 24.7 Å². The Bertz CT molecular complexity index is 766. The molecule has 0 saturated carbocycles. The van der Waals surface area contributed by atoms with Crippen LogP contribution in [0.3, 0.4) is 0 Å². The van der Waals surface area contributed by atoms with Crippen molar-refractivity contribution in [1.29, 1.82) is 0 Å². The van der Waals surface area contributed by atoms with Crippen LogP contribution in [0, 0.1) is 0 Å². The van der Waals surface area contributed by atoms with E-state index >= 15 is 0 Å². The molecule has 2 saturated heterocycles. The largest absolute Gasteiger partial charge is 0.497 e. The highest BCUT2D eigenvalue weighted by molar-refractivity contribution is 14.0. The quantitative estimate of drug-likeness (QED) is 0.337. The van der Waals surface area contributed by atoms with Crippen molar-refractivity contribution in [3.8, 4) is 5.75 Å². The average molecular weight is 522 g/mol. The number of likely N-dealkylation sites (tertiary alicyclic amines) is 1. The summed E-state index contributed by atoms with van der Waals surface area (Å²) in [6, 6.07) is 8.35. The third-order valence-corrected chi connectivity index (χ3v) is 7.09. The van der Waals surface area contributed by atoms with Crippen molar-refractivity contribution >= 4 is 39.8 Å². The third kappa shape index (κ3) is 6.21. The van der Waals surface area contributed by atoms with E-state index in [9.17, 15) is 8.42 Å². The predicted molar refractivity (Wildman–Crippen MR) is 124 cm³/mol. The van der Waals surface area contributed by atoms with E-state index in [0.717, 1.165) is 18.8 Å². The van der Waals surface area contributed by atoms with Gasteiger partial charge in [-0.15, -0.1) is 24.0 Å². The topological polar surface area (TPSA) is 83.0 Å². The molecule has 0 radical (unpaired) electrons. The number of methoxy groups -OCH3 is 1. The Kier molecular flexibility index (Phi) is 8.81. The van der Waals surface area contributed by atoms with Crippen LogP contribution in [0.4, 0.5) is 0 Å². The van der Waals surface area contributed by atoms with Crippen molar-refractivity contribution in [2.45, 2.75) is 31.3 Å². The van der Waals surface area contributed by atoms with Gasteiger partial charge in [0, 0.05) is 19.6 Å². The second-order valence-corrected chi connectivity index (χ2v) is 9.46. The van der Waals surface area contributed by atoms with Gasteiger partial charge in [-0.1, -0.05) is 12.1 Å². The van der Waals surface area contributed by atoms with Gasteiger partial charge in [-0.25, -0.2) is 8.42 Å². The van der Waals surface area contributed by atoms with Crippen LogP contribution in [0.2, 0.25) is 0 Å². The van der Waals surface area contributed by atoms with Gasteiger partial charge in [0.25, 0.3) is 0 Å². The van der Waals surface area contributed by atoms with Crippen molar-refractivity contribution in [3.63, 3.8) is 0 Å². The zero-order valence-electron chi connectivity index (χ0n) is 16.6. The lowest BCUT2D eigenvalue weighted by atomic mass is 10.1. The monoisotopic (exact) mass is 522 g/mol. The van der Waals surface area contributed by atoms with Gasteiger partial charge < -0.3 is 15.4 Å². The molecule has 2 atom stereocenters. The fourth-order valence-electron chi connectivity index (χ4n) is 3.85. The number of hydrogen-bond acceptors (Lipinski definition) is 5. The minimum Gasteiger partial charge on any atom is -0.497 e. The molecule has 2 unspecified atom stereocenters. The van der Waals surface area contributed by atoms with Gasteiger partial charge in [0.15, 0.2) is 15.8 Å². The molecule has 2 heterocycles. The molecule has 2 N–H and O–H groups in total. The van der Waals surface area contributed by atoms with E-state index in [1.165, 1.54) is 18.4 Å². The molecule has 2 fully saturated rings. The molecule has 0 aliphatic carbocycles. The Morgan fingerprint density at radius 1 is 1.36 bits per heavy atom. The second-order valence-electron chi connectivity index (χ2n) is 7.23. The lowest BCUT2D eigenvalue weighted by molar-refractivity contribution is 0.244. The molecule has 7 nitrogen and oxygen atoms in total. The minimum atomic E-state index is -2.91. The van der Waals surface area contributed by atoms with E-state index in [2.05, 4.69) is 32.7 Å². The summed E-state index contributed by atoms with van der Waals surface area (Å²) < 4.78 is 28.7. The van der Waals surface area contributed by atoms with Crippen molar-refractivity contribution in [3.05, 3.63) is 29.8 Å². The molecule has 158 valence electrons. The number of benzene rings is 1. The van der Waals surface area contributed by atoms with Gasteiger partial charge in [0.2, 0.25) is 0 Å². The molecule has 0 spiro atoms. The predicted octanol–water partition coefficient (Wildman–Crippen LogP) is 1.80. The summed E-state index contributed by atoms with van der Waals surface area (Å²) in [6.07, 6.45) is 3.06. The van der Waals surface area contributed by atoms with E-state index < -0.39 is 9.84 Å². The molecule has 28 heavy (non-hydrogen) atoms. The maximum Gasteiger partial charge on any atom is 0.191 e. The Balaban J connectivity index is 0.00000280. The summed E-state index contributed by atoms with van der Waals surface area (Å²) in [7, 11) is 0.490. The van der Waals surface area contributed by atoms with Gasteiger partial charge >= 0.3 is 0 Å². The van der Waals surface area contributed by atoms with E-state index in [-0.39, 0.29) is 47.6 Å². The van der Waals surface area contributed by atoms with Gasteiger partial charge in [-0.3, -0.25) is 9.89 Å². The first-order valence-corrected chi connectivity index (χ1v) is 11.4. The van der Waals surface area contributed by atoms with E-state index in [0.29, 0.717) is 18.9 Å². The number of nitrogens with one attached hydrogen (secondary N) is 2. The molecule has 2 aliphatic heterocycles. The van der Waals surface area contributed by atoms with Crippen molar-refractivity contribution < 1.29 is 13.2 Å². The summed E-state index contributed by atoms with van der Waals surface area (Å²) in [5.41, 5.74) is 1.21. The SMILES string of the molecule is CN=C(NCC(c1cccc(OC)c1)N1CCCC1)NC1CCS(=O)(=O)C1.I. The van der Waals surface area contributed by atoms with Crippen LogP contribution in [0.5, 0.6) is 5.75 Å². The highest BCUT2D eigenvalue weighted by Crippen LogP contribution is 2.27. The number of aliphatic imine (C=N–C) groups is 1. The number of guanidine groups is 1. The second kappa shape index (κ2) is 10.6. The average Bonchev–Trinajstić information content (AvgIpc) is 3.30. The Hall–Kier alpha value is -1.07. The van der Waals surface area contributed by atoms with Gasteiger partial charge in [-0.05, 0) is 50.0 Å². The van der Waals surface area contributed by atoms with Crippen molar-refractivity contribution in [2.75, 3.05) is 45.3 Å². The normalized spacial score (nSPS) is 23.1. The van der Waals surface area contributed by atoms with Crippen molar-refractivity contribution in [2.24, 2.45) is 4.99 Å². The summed E-state index contributed by atoms with van der Waals surface area (Å²) in [5, 5.41) is 6.66. The molecular weight excluding hydrogens is 491 g/mol. The highest BCUT2D eigenvalue weighted by Gasteiger charge is 2.29. The molecule has 0 aromatic heterocycles. The minimum absolute atomic E-state index is 0. The van der Waals surface area contributed by atoms with Crippen molar-refractivity contribution in [1.82, 2.24) is 15.5 Å². The maximum absolute atomic E-state index is 11.7. The van der Waals surface area contributed by atoms with Crippen LogP contribution in [-0.4, -0.2) is 70.6 Å². The first-order chi connectivity index (χ1) is 13.0. The lowest BCUT2D eigenvalue weighted by Crippen LogP contribution is -2.46. The summed E-state index contributed by atoms with van der Waals surface area (Å²) in [5.74, 6) is 1.95. The smallest absolute Gasteiger partial charge is 0.191 e. The van der Waals surface area contributed by atoms with Crippen LogP contribution >= 0.6 is 24.0 Å². The Labute approximate surface area is 185 Å². The number of hydrogen-bond donors (Lipinski definition) is 2. The maximum atomic E-state index is 11.7. The van der Waals surface area contributed by atoms with Crippen LogP contribution in [-0.2, 0) is 9.84 Å². The van der Waals surface area contributed by atoms with E-state index in [4.69, 9.17) is 4.74 Å². The number of rotatable bonds is 6. The molecule has 1 aromatic carbocycles. The fourth-order valence-corrected chi connectivity index (χ4v) is 5.52. The van der Waals surface area contributed by atoms with Crippen LogP contribution in [0.1, 0.15) is 30.9 Å². The molecule has 1 aromatic rings. The zero-order chi connectivity index (χ0) is 19.3. The highest BCUT2D eigenvalue weighted by atomic mass is 127. The van der Waals surface area contributed by atoms with Crippen LogP contribution in [0.25, 0.3) is 0 Å². The molecule has 9 heteroatoms. The van der Waals surface area contributed by atoms with E-state index in [1.54, 1.807) is 14.2 Å². The van der Waals surface area contributed by atoms with Gasteiger partial charge in [0.1, 0.15) is 5.75 Å². The molecular formula is C19H31IN4O3S. The summed E-state index contributed by atoms with van der Waals surface area (Å²) in [4.78, 5) is 6.76. The lowest BCUT2D eigenvalue weighted by Gasteiger charge is -2.29. The van der Waals surface area contributed by atoms with Crippen LogP contribution in [0.15, 0.2) is 29.3 Å².